The molecule has 0 spiro atoms. The number of nitrogens with zero attached hydrogens (tertiary/aromatic N) is 3. The average molecular weight is 523 g/mol. The zero-order valence-electron chi connectivity index (χ0n) is 20.8. The Kier molecular flexibility index (Phi) is 7.33. The molecule has 2 amide bonds. The van der Waals surface area contributed by atoms with Crippen molar-refractivity contribution in [1.82, 2.24) is 14.8 Å². The Morgan fingerprint density at radius 2 is 2.05 bits per heavy atom. The Balaban J connectivity index is 1.49. The lowest BCUT2D eigenvalue weighted by molar-refractivity contribution is -0.140. The maximum absolute atomic E-state index is 14.2. The lowest BCUT2D eigenvalue weighted by Crippen LogP contribution is -2.56. The van der Waals surface area contributed by atoms with Crippen molar-refractivity contribution in [2.24, 2.45) is 0 Å². The van der Waals surface area contributed by atoms with Crippen molar-refractivity contribution >= 4 is 39.9 Å². The molecule has 1 aromatic heterocycles. The second-order valence-electron chi connectivity index (χ2n) is 9.82. The van der Waals surface area contributed by atoms with Crippen LogP contribution < -0.4 is 10.1 Å². The van der Waals surface area contributed by atoms with Gasteiger partial charge in [-0.25, -0.2) is 0 Å². The van der Waals surface area contributed by atoms with Crippen LogP contribution in [0.1, 0.15) is 25.3 Å². The van der Waals surface area contributed by atoms with Crippen LogP contribution in [0.4, 0.5) is 5.69 Å². The van der Waals surface area contributed by atoms with E-state index in [1.165, 1.54) is 0 Å². The maximum Gasteiger partial charge on any atom is 0.235 e. The molecule has 8 nitrogen and oxygen atoms in total. The van der Waals surface area contributed by atoms with Gasteiger partial charge in [-0.3, -0.25) is 19.5 Å². The number of piperazine rings is 1. The zero-order chi connectivity index (χ0) is 26.0. The number of halogens is 1. The summed E-state index contributed by atoms with van der Waals surface area (Å²) in [5.41, 5.74) is 0.0573. The van der Waals surface area contributed by atoms with Crippen molar-refractivity contribution in [1.29, 1.82) is 0 Å². The van der Waals surface area contributed by atoms with Crippen LogP contribution in [0.3, 0.4) is 0 Å². The number of pyridine rings is 1. The van der Waals surface area contributed by atoms with E-state index in [9.17, 15) is 14.7 Å². The van der Waals surface area contributed by atoms with E-state index in [2.05, 4.69) is 15.2 Å². The van der Waals surface area contributed by atoms with Crippen molar-refractivity contribution in [2.45, 2.75) is 31.2 Å². The fourth-order valence-corrected chi connectivity index (χ4v) is 5.71. The number of β-amino-alcohol motifs (C(OH)–C–C–N with tert-alkyl or cyclic N) is 1. The third kappa shape index (κ3) is 5.01. The molecule has 5 rings (SSSR count). The van der Waals surface area contributed by atoms with E-state index in [1.54, 1.807) is 30.6 Å². The molecule has 0 aliphatic carbocycles. The summed E-state index contributed by atoms with van der Waals surface area (Å²) in [7, 11) is 0. The van der Waals surface area contributed by atoms with E-state index >= 15 is 0 Å². The van der Waals surface area contributed by atoms with Crippen LogP contribution in [-0.2, 0) is 15.0 Å². The van der Waals surface area contributed by atoms with Crippen molar-refractivity contribution < 1.29 is 19.4 Å². The van der Waals surface area contributed by atoms with Gasteiger partial charge in [0, 0.05) is 72.6 Å². The Hall–Kier alpha value is -3.20. The predicted molar refractivity (Wildman–Crippen MR) is 143 cm³/mol. The molecular weight excluding hydrogens is 492 g/mol. The van der Waals surface area contributed by atoms with Crippen molar-refractivity contribution in [2.75, 3.05) is 44.7 Å². The van der Waals surface area contributed by atoms with E-state index in [0.29, 0.717) is 61.2 Å². The van der Waals surface area contributed by atoms with Gasteiger partial charge >= 0.3 is 0 Å². The monoisotopic (exact) mass is 522 g/mol. The van der Waals surface area contributed by atoms with E-state index < -0.39 is 5.41 Å². The number of benzene rings is 2. The van der Waals surface area contributed by atoms with Gasteiger partial charge in [-0.05, 0) is 25.1 Å². The Labute approximate surface area is 221 Å². The van der Waals surface area contributed by atoms with Crippen molar-refractivity contribution in [3.8, 4) is 5.75 Å². The van der Waals surface area contributed by atoms with Gasteiger partial charge in [-0.15, -0.1) is 0 Å². The van der Waals surface area contributed by atoms with E-state index in [0.717, 1.165) is 10.8 Å². The Morgan fingerprint density at radius 3 is 2.86 bits per heavy atom. The zero-order valence-corrected chi connectivity index (χ0v) is 21.6. The molecule has 2 N–H and O–H groups in total. The van der Waals surface area contributed by atoms with Gasteiger partial charge in [0.2, 0.25) is 11.8 Å². The standard InChI is InChI=1S/C28H31ClN4O4/c1-19-18-32(11-12-34)9-10-33(19)26(35)15-28(8-13-37-25-7-6-21(29)14-23(25)28)27(36)31-24-17-30-16-20-4-2-3-5-22(20)24/h2-7,14,16-17,19,34H,8-13,15,18H2,1H3,(H,31,36). The number of anilines is 1. The van der Waals surface area contributed by atoms with Gasteiger partial charge < -0.3 is 20.1 Å². The molecule has 9 heteroatoms. The Morgan fingerprint density at radius 1 is 1.22 bits per heavy atom. The van der Waals surface area contributed by atoms with Gasteiger partial charge in [-0.2, -0.15) is 0 Å². The second kappa shape index (κ2) is 10.7. The highest BCUT2D eigenvalue weighted by molar-refractivity contribution is 6.30. The molecule has 1 fully saturated rings. The summed E-state index contributed by atoms with van der Waals surface area (Å²) in [5, 5.41) is 14.7. The number of nitrogens with one attached hydrogen (secondary N) is 1. The summed E-state index contributed by atoms with van der Waals surface area (Å²) in [5.74, 6) is 0.197. The molecule has 3 aromatic rings. The average Bonchev–Trinajstić information content (AvgIpc) is 2.89. The molecule has 37 heavy (non-hydrogen) atoms. The molecule has 0 bridgehead atoms. The topological polar surface area (TPSA) is 95.0 Å². The van der Waals surface area contributed by atoms with Crippen LogP contribution in [0.5, 0.6) is 5.75 Å². The summed E-state index contributed by atoms with van der Waals surface area (Å²) < 4.78 is 5.89. The molecular formula is C28H31ClN4O4. The number of ether oxygens (including phenoxy) is 1. The fourth-order valence-electron chi connectivity index (χ4n) is 5.54. The highest BCUT2D eigenvalue weighted by Gasteiger charge is 2.48. The minimum absolute atomic E-state index is 0.00191. The van der Waals surface area contributed by atoms with Gasteiger partial charge in [0.15, 0.2) is 0 Å². The lowest BCUT2D eigenvalue weighted by Gasteiger charge is -2.43. The minimum atomic E-state index is -1.16. The highest BCUT2D eigenvalue weighted by Crippen LogP contribution is 2.44. The van der Waals surface area contributed by atoms with Gasteiger partial charge in [-0.1, -0.05) is 35.9 Å². The summed E-state index contributed by atoms with van der Waals surface area (Å²) in [6.07, 6.45) is 3.73. The maximum atomic E-state index is 14.2. The highest BCUT2D eigenvalue weighted by atomic mass is 35.5. The van der Waals surface area contributed by atoms with Crippen LogP contribution in [-0.4, -0.2) is 77.1 Å². The number of aliphatic hydroxyl groups is 1. The van der Waals surface area contributed by atoms with Crippen LogP contribution in [0.2, 0.25) is 5.02 Å². The molecule has 1 saturated heterocycles. The molecule has 2 unspecified atom stereocenters. The van der Waals surface area contributed by atoms with E-state index in [-0.39, 0.29) is 30.9 Å². The number of rotatable bonds is 6. The number of amides is 2. The third-order valence-corrected chi connectivity index (χ3v) is 7.73. The van der Waals surface area contributed by atoms with Gasteiger partial charge in [0.05, 0.1) is 30.5 Å². The number of aromatic nitrogens is 1. The summed E-state index contributed by atoms with van der Waals surface area (Å²) in [6.45, 7) is 4.89. The molecule has 2 aliphatic heterocycles. The van der Waals surface area contributed by atoms with Crippen LogP contribution in [0.25, 0.3) is 10.8 Å². The smallest absolute Gasteiger partial charge is 0.235 e. The number of fused-ring (bicyclic) bond motifs is 2. The number of carbonyl (C=O) groups excluding carboxylic acids is 2. The number of carbonyl (C=O) groups is 2. The van der Waals surface area contributed by atoms with E-state index in [1.807, 2.05) is 36.1 Å². The van der Waals surface area contributed by atoms with Gasteiger partial charge in [0.1, 0.15) is 5.75 Å². The number of aliphatic hydroxyl groups excluding tert-OH is 1. The molecule has 3 heterocycles. The van der Waals surface area contributed by atoms with Crippen LogP contribution in [0.15, 0.2) is 54.9 Å². The van der Waals surface area contributed by atoms with Crippen LogP contribution >= 0.6 is 11.6 Å². The first-order valence-electron chi connectivity index (χ1n) is 12.6. The third-order valence-electron chi connectivity index (χ3n) is 7.50. The number of hydrogen-bond acceptors (Lipinski definition) is 6. The minimum Gasteiger partial charge on any atom is -0.493 e. The predicted octanol–water partition coefficient (Wildman–Crippen LogP) is 3.46. The molecule has 0 radical (unpaired) electrons. The van der Waals surface area contributed by atoms with Crippen LogP contribution in [0, 0.1) is 0 Å². The summed E-state index contributed by atoms with van der Waals surface area (Å²) >= 11 is 6.38. The van der Waals surface area contributed by atoms with Crippen molar-refractivity contribution in [3.63, 3.8) is 0 Å². The number of hydrogen-bond donors (Lipinski definition) is 2. The summed E-state index contributed by atoms with van der Waals surface area (Å²) in [4.78, 5) is 36.3. The quantitative estimate of drug-likeness (QED) is 0.515. The second-order valence-corrected chi connectivity index (χ2v) is 10.3. The first-order valence-corrected chi connectivity index (χ1v) is 13.0. The normalized spacial score (nSPS) is 21.8. The fraction of sp³-hybridized carbons (Fsp3) is 0.393. The lowest BCUT2D eigenvalue weighted by atomic mass is 9.72. The molecule has 0 saturated carbocycles. The molecule has 194 valence electrons. The first-order chi connectivity index (χ1) is 17.9. The first kappa shape index (κ1) is 25.4. The van der Waals surface area contributed by atoms with Crippen molar-refractivity contribution in [3.05, 3.63) is 65.4 Å². The largest absolute Gasteiger partial charge is 0.493 e. The van der Waals surface area contributed by atoms with E-state index in [4.69, 9.17) is 16.3 Å². The SMILES string of the molecule is CC1CN(CCO)CCN1C(=O)CC1(C(=O)Nc2cncc3ccccc23)CCOc2ccc(Cl)cc21. The molecule has 2 atom stereocenters. The molecule has 2 aliphatic rings. The van der Waals surface area contributed by atoms with Gasteiger partial charge in [0.25, 0.3) is 0 Å². The molecule has 2 aromatic carbocycles. The summed E-state index contributed by atoms with van der Waals surface area (Å²) in [6, 6.07) is 12.9. The Bertz CT molecular complexity index is 1310.